The molecule has 0 radical (unpaired) electrons. The van der Waals surface area contributed by atoms with Crippen LogP contribution in [0.25, 0.3) is 0 Å². The summed E-state index contributed by atoms with van der Waals surface area (Å²) >= 11 is 0. The van der Waals surface area contributed by atoms with Crippen molar-refractivity contribution in [3.05, 3.63) is 59.4 Å². The molecule has 21 heavy (non-hydrogen) atoms. The SMILES string of the molecule is CC(=Nc1cc(C(C)C)ccc1C(C)C)c1ccccn1. The Morgan fingerprint density at radius 1 is 1.00 bits per heavy atom. The first-order chi connectivity index (χ1) is 9.99. The first-order valence-electron chi connectivity index (χ1n) is 7.59. The lowest BCUT2D eigenvalue weighted by molar-refractivity contribution is 0.845. The minimum absolute atomic E-state index is 0.460. The maximum atomic E-state index is 4.85. The van der Waals surface area contributed by atoms with E-state index in [2.05, 4.69) is 50.9 Å². The van der Waals surface area contributed by atoms with Crippen LogP contribution in [0.15, 0.2) is 47.6 Å². The zero-order chi connectivity index (χ0) is 15.4. The molecule has 0 bridgehead atoms. The molecule has 0 spiro atoms. The third-order valence-corrected chi connectivity index (χ3v) is 3.67. The van der Waals surface area contributed by atoms with Gasteiger partial charge in [-0.25, -0.2) is 0 Å². The summed E-state index contributed by atoms with van der Waals surface area (Å²) in [5.74, 6) is 0.969. The summed E-state index contributed by atoms with van der Waals surface area (Å²) in [5.41, 5.74) is 5.57. The summed E-state index contributed by atoms with van der Waals surface area (Å²) in [6.45, 7) is 10.9. The lowest BCUT2D eigenvalue weighted by Gasteiger charge is -2.14. The molecule has 0 aliphatic rings. The van der Waals surface area contributed by atoms with Crippen molar-refractivity contribution in [2.24, 2.45) is 4.99 Å². The first-order valence-corrected chi connectivity index (χ1v) is 7.59. The number of pyridine rings is 1. The number of nitrogens with zero attached hydrogens (tertiary/aromatic N) is 2. The Morgan fingerprint density at radius 3 is 2.33 bits per heavy atom. The van der Waals surface area contributed by atoms with E-state index in [1.54, 1.807) is 0 Å². The third-order valence-electron chi connectivity index (χ3n) is 3.67. The second-order valence-corrected chi connectivity index (χ2v) is 6.04. The lowest BCUT2D eigenvalue weighted by atomic mass is 9.95. The van der Waals surface area contributed by atoms with Crippen molar-refractivity contribution < 1.29 is 0 Å². The Morgan fingerprint density at radius 2 is 1.76 bits per heavy atom. The summed E-state index contributed by atoms with van der Waals surface area (Å²) in [4.78, 5) is 9.22. The number of hydrogen-bond donors (Lipinski definition) is 0. The fraction of sp³-hybridized carbons (Fsp3) is 0.368. The van der Waals surface area contributed by atoms with Gasteiger partial charge in [-0.15, -0.1) is 0 Å². The highest BCUT2D eigenvalue weighted by atomic mass is 14.8. The highest BCUT2D eigenvalue weighted by Crippen LogP contribution is 2.30. The van der Waals surface area contributed by atoms with E-state index in [-0.39, 0.29) is 0 Å². The quantitative estimate of drug-likeness (QED) is 0.682. The normalized spacial score (nSPS) is 12.2. The lowest BCUT2D eigenvalue weighted by Crippen LogP contribution is -1.99. The van der Waals surface area contributed by atoms with Crippen molar-refractivity contribution in [3.63, 3.8) is 0 Å². The molecule has 0 atom stereocenters. The molecule has 0 saturated carbocycles. The molecule has 0 amide bonds. The summed E-state index contributed by atoms with van der Waals surface area (Å²) in [5, 5.41) is 0. The van der Waals surface area contributed by atoms with Crippen LogP contribution in [0.3, 0.4) is 0 Å². The largest absolute Gasteiger partial charge is 0.255 e. The van der Waals surface area contributed by atoms with E-state index in [0.29, 0.717) is 11.8 Å². The van der Waals surface area contributed by atoms with Crippen molar-refractivity contribution in [1.29, 1.82) is 0 Å². The summed E-state index contributed by atoms with van der Waals surface area (Å²) in [6.07, 6.45) is 1.81. The average Bonchev–Trinajstić information content (AvgIpc) is 2.47. The van der Waals surface area contributed by atoms with Crippen LogP contribution in [0.5, 0.6) is 0 Å². The van der Waals surface area contributed by atoms with E-state index in [1.165, 1.54) is 11.1 Å². The van der Waals surface area contributed by atoms with Crippen LogP contribution in [-0.2, 0) is 0 Å². The maximum absolute atomic E-state index is 4.85. The number of aromatic nitrogens is 1. The van der Waals surface area contributed by atoms with Crippen LogP contribution in [-0.4, -0.2) is 10.7 Å². The Bertz CT molecular complexity index is 625. The second-order valence-electron chi connectivity index (χ2n) is 6.04. The molecule has 0 unspecified atom stereocenters. The molecule has 2 heteroatoms. The predicted octanol–water partition coefficient (Wildman–Crippen LogP) is 5.47. The van der Waals surface area contributed by atoms with Crippen LogP contribution in [0.2, 0.25) is 0 Å². The molecule has 1 aromatic heterocycles. The first kappa shape index (κ1) is 15.4. The van der Waals surface area contributed by atoms with E-state index in [1.807, 2.05) is 31.3 Å². The highest BCUT2D eigenvalue weighted by molar-refractivity contribution is 5.98. The van der Waals surface area contributed by atoms with E-state index < -0.39 is 0 Å². The zero-order valence-electron chi connectivity index (χ0n) is 13.6. The van der Waals surface area contributed by atoms with Gasteiger partial charge in [-0.1, -0.05) is 45.9 Å². The van der Waals surface area contributed by atoms with E-state index in [0.717, 1.165) is 17.1 Å². The van der Waals surface area contributed by atoms with Crippen LogP contribution >= 0.6 is 0 Å². The van der Waals surface area contributed by atoms with E-state index in [4.69, 9.17) is 4.99 Å². The molecule has 2 rings (SSSR count). The molecule has 0 fully saturated rings. The molecule has 2 nitrogen and oxygen atoms in total. The summed E-state index contributed by atoms with van der Waals surface area (Å²) in [6, 6.07) is 12.6. The standard InChI is InChI=1S/C19H24N2/c1-13(2)16-9-10-17(14(3)4)19(12-16)21-15(5)18-8-6-7-11-20-18/h6-14H,1-5H3. The van der Waals surface area contributed by atoms with Crippen molar-refractivity contribution >= 4 is 11.4 Å². The second kappa shape index (κ2) is 6.66. The molecule has 0 aliphatic heterocycles. The van der Waals surface area contributed by atoms with Crippen LogP contribution in [0.1, 0.15) is 63.3 Å². The molecular formula is C19H24N2. The Labute approximate surface area is 128 Å². The number of benzene rings is 1. The number of aliphatic imine (C=N–C) groups is 1. The van der Waals surface area contributed by atoms with Crippen LogP contribution in [0.4, 0.5) is 5.69 Å². The Kier molecular flexibility index (Phi) is 4.89. The fourth-order valence-electron chi connectivity index (χ4n) is 2.32. The highest BCUT2D eigenvalue weighted by Gasteiger charge is 2.10. The van der Waals surface area contributed by atoms with Gasteiger partial charge in [0.25, 0.3) is 0 Å². The molecule has 1 heterocycles. The topological polar surface area (TPSA) is 25.2 Å². The fourth-order valence-corrected chi connectivity index (χ4v) is 2.32. The Balaban J connectivity index is 2.48. The van der Waals surface area contributed by atoms with Gasteiger partial charge in [0.1, 0.15) is 0 Å². The maximum Gasteiger partial charge on any atom is 0.0841 e. The van der Waals surface area contributed by atoms with Gasteiger partial charge >= 0.3 is 0 Å². The van der Waals surface area contributed by atoms with Gasteiger partial charge in [0, 0.05) is 6.20 Å². The van der Waals surface area contributed by atoms with Gasteiger partial charge in [-0.2, -0.15) is 0 Å². The van der Waals surface area contributed by atoms with Gasteiger partial charge in [-0.05, 0) is 48.1 Å². The summed E-state index contributed by atoms with van der Waals surface area (Å²) in [7, 11) is 0. The smallest absolute Gasteiger partial charge is 0.0841 e. The molecule has 110 valence electrons. The number of hydrogen-bond acceptors (Lipinski definition) is 2. The van der Waals surface area contributed by atoms with Gasteiger partial charge in [-0.3, -0.25) is 9.98 Å². The molecule has 0 aliphatic carbocycles. The van der Waals surface area contributed by atoms with Crippen molar-refractivity contribution in [2.75, 3.05) is 0 Å². The Hall–Kier alpha value is -1.96. The molecular weight excluding hydrogens is 256 g/mol. The van der Waals surface area contributed by atoms with Crippen LogP contribution in [0, 0.1) is 0 Å². The molecule has 2 aromatic rings. The minimum Gasteiger partial charge on any atom is -0.255 e. The van der Waals surface area contributed by atoms with Gasteiger partial charge in [0.2, 0.25) is 0 Å². The predicted molar refractivity (Wildman–Crippen MR) is 90.7 cm³/mol. The van der Waals surface area contributed by atoms with Crippen molar-refractivity contribution in [2.45, 2.75) is 46.5 Å². The average molecular weight is 280 g/mol. The molecule has 1 aromatic carbocycles. The summed E-state index contributed by atoms with van der Waals surface area (Å²) < 4.78 is 0. The molecule has 0 N–H and O–H groups in total. The van der Waals surface area contributed by atoms with Gasteiger partial charge < -0.3 is 0 Å². The van der Waals surface area contributed by atoms with E-state index >= 15 is 0 Å². The number of rotatable bonds is 4. The molecule has 0 saturated heterocycles. The van der Waals surface area contributed by atoms with Gasteiger partial charge in [0.05, 0.1) is 17.1 Å². The third kappa shape index (κ3) is 3.78. The van der Waals surface area contributed by atoms with Crippen molar-refractivity contribution in [3.8, 4) is 0 Å². The van der Waals surface area contributed by atoms with Crippen LogP contribution < -0.4 is 0 Å². The van der Waals surface area contributed by atoms with E-state index in [9.17, 15) is 0 Å². The monoisotopic (exact) mass is 280 g/mol. The minimum atomic E-state index is 0.460. The van der Waals surface area contributed by atoms with Gasteiger partial charge in [0.15, 0.2) is 0 Å². The zero-order valence-corrected chi connectivity index (χ0v) is 13.6. The van der Waals surface area contributed by atoms with Crippen molar-refractivity contribution in [1.82, 2.24) is 4.98 Å².